The number of rotatable bonds is 37. The largest absolute Gasteiger partial charge is 0.394 e. The number of unbranched alkanes of at least 4 members (excludes halogenated alkanes) is 22. The number of hydroxylamine groups is 1. The van der Waals surface area contributed by atoms with Crippen molar-refractivity contribution in [3.05, 3.63) is 12.2 Å². The normalized spacial score (nSPS) is 19.7. The zero-order valence-electron chi connectivity index (χ0n) is 37.7. The fourth-order valence-electron chi connectivity index (χ4n) is 7.53. The van der Waals surface area contributed by atoms with Gasteiger partial charge in [-0.1, -0.05) is 148 Å². The molecule has 59 heavy (non-hydrogen) atoms. The van der Waals surface area contributed by atoms with Crippen molar-refractivity contribution in [2.24, 2.45) is 11.5 Å². The van der Waals surface area contributed by atoms with Gasteiger partial charge in [-0.25, -0.2) is 5.48 Å². The maximum absolute atomic E-state index is 13.8. The lowest BCUT2D eigenvalue weighted by Crippen LogP contribution is -2.62. The standard InChI is InChI=1S/C46H87N5O8/c1-5-7-9-11-13-15-17-19-20-21-22-24-26-28-30-32-41(54)51(33-31-29-27-25-23-18-16-14-12-10-8-6-2)42-34-38(43(55)39(36-52)58-42)59-50-40(53)35-49-45(57)46(4,48)44(56)37(3)47/h19-20,37-39,42-43,52,55H,5-18,21-36,47-48H2,1-4H3,(H,49,57)(H,50,53)/b20-19-/t37-,38-,39+,42+,43+,46+/m0/s1. The molecule has 344 valence electrons. The van der Waals surface area contributed by atoms with E-state index in [1.54, 1.807) is 4.90 Å². The van der Waals surface area contributed by atoms with Gasteiger partial charge in [0, 0.05) is 19.4 Å². The van der Waals surface area contributed by atoms with Crippen LogP contribution in [-0.4, -0.2) is 94.4 Å². The Morgan fingerprint density at radius 3 is 1.76 bits per heavy atom. The van der Waals surface area contributed by atoms with Gasteiger partial charge in [0.25, 0.3) is 5.91 Å². The van der Waals surface area contributed by atoms with Crippen LogP contribution in [0.25, 0.3) is 0 Å². The summed E-state index contributed by atoms with van der Waals surface area (Å²) in [5.74, 6) is -2.36. The van der Waals surface area contributed by atoms with E-state index >= 15 is 0 Å². The number of aliphatic hydroxyl groups is 2. The number of ether oxygens (including phenoxy) is 1. The first-order valence-electron chi connectivity index (χ1n) is 23.6. The Hall–Kier alpha value is -2.42. The highest BCUT2D eigenvalue weighted by molar-refractivity contribution is 6.12. The lowest BCUT2D eigenvalue weighted by Gasteiger charge is -2.42. The van der Waals surface area contributed by atoms with Gasteiger partial charge in [0.15, 0.2) is 11.3 Å². The van der Waals surface area contributed by atoms with Gasteiger partial charge in [0.1, 0.15) is 24.5 Å². The van der Waals surface area contributed by atoms with Gasteiger partial charge in [-0.15, -0.1) is 0 Å². The molecule has 1 rings (SSSR count). The maximum Gasteiger partial charge on any atom is 0.262 e. The van der Waals surface area contributed by atoms with Crippen molar-refractivity contribution in [1.82, 2.24) is 15.7 Å². The van der Waals surface area contributed by atoms with E-state index in [1.807, 2.05) is 0 Å². The second-order valence-electron chi connectivity index (χ2n) is 17.1. The van der Waals surface area contributed by atoms with Crippen LogP contribution in [0.4, 0.5) is 0 Å². The molecule has 0 aromatic carbocycles. The van der Waals surface area contributed by atoms with E-state index in [2.05, 4.69) is 36.8 Å². The summed E-state index contributed by atoms with van der Waals surface area (Å²) in [4.78, 5) is 58.5. The quantitative estimate of drug-likeness (QED) is 0.0161. The smallest absolute Gasteiger partial charge is 0.262 e. The number of aliphatic hydroxyl groups excluding tert-OH is 2. The van der Waals surface area contributed by atoms with Crippen molar-refractivity contribution >= 4 is 23.5 Å². The molecule has 0 aliphatic carbocycles. The summed E-state index contributed by atoms with van der Waals surface area (Å²) in [5, 5.41) is 23.4. The van der Waals surface area contributed by atoms with E-state index in [9.17, 15) is 29.4 Å². The van der Waals surface area contributed by atoms with E-state index in [0.29, 0.717) is 13.0 Å². The van der Waals surface area contributed by atoms with Gasteiger partial charge in [-0.3, -0.25) is 24.0 Å². The third-order valence-electron chi connectivity index (χ3n) is 11.4. The van der Waals surface area contributed by atoms with Crippen LogP contribution in [0.2, 0.25) is 0 Å². The van der Waals surface area contributed by atoms with Crippen LogP contribution in [-0.2, 0) is 28.8 Å². The number of carbonyl (C=O) groups is 4. The Morgan fingerprint density at radius 1 is 0.797 bits per heavy atom. The minimum absolute atomic E-state index is 0.0412. The average Bonchev–Trinajstić information content (AvgIpc) is 3.22. The molecule has 0 aromatic heterocycles. The topological polar surface area (TPSA) is 207 Å². The fourth-order valence-corrected chi connectivity index (χ4v) is 7.53. The van der Waals surface area contributed by atoms with Gasteiger partial charge >= 0.3 is 0 Å². The number of carbonyl (C=O) groups excluding carboxylic acids is 4. The predicted octanol–water partition coefficient (Wildman–Crippen LogP) is 7.19. The summed E-state index contributed by atoms with van der Waals surface area (Å²) in [5.41, 5.74) is 11.8. The van der Waals surface area contributed by atoms with Gasteiger partial charge in [0.2, 0.25) is 11.8 Å². The lowest BCUT2D eigenvalue weighted by atomic mass is 9.92. The molecule has 0 bridgehead atoms. The first-order valence-corrected chi connectivity index (χ1v) is 23.6. The van der Waals surface area contributed by atoms with Gasteiger partial charge in [0.05, 0.1) is 19.2 Å². The third-order valence-corrected chi connectivity index (χ3v) is 11.4. The fraction of sp³-hybridized carbons (Fsp3) is 0.870. The number of Topliss-reactive ketones (excluding diaryl/α,β-unsaturated/α-hetero) is 1. The molecular formula is C46H87N5O8. The van der Waals surface area contributed by atoms with Crippen molar-refractivity contribution < 1.29 is 39.0 Å². The number of hydrogen-bond acceptors (Lipinski definition) is 10. The van der Waals surface area contributed by atoms with Crippen LogP contribution in [0, 0.1) is 0 Å². The molecule has 13 heteroatoms. The van der Waals surface area contributed by atoms with E-state index in [1.165, 1.54) is 117 Å². The second-order valence-corrected chi connectivity index (χ2v) is 17.1. The number of hydrogen-bond donors (Lipinski definition) is 6. The minimum atomic E-state index is -1.93. The first kappa shape index (κ1) is 54.6. The molecule has 0 spiro atoms. The summed E-state index contributed by atoms with van der Waals surface area (Å²) in [6.07, 6.45) is 30.6. The van der Waals surface area contributed by atoms with Crippen LogP contribution in [0.1, 0.15) is 201 Å². The monoisotopic (exact) mass is 838 g/mol. The summed E-state index contributed by atoms with van der Waals surface area (Å²) >= 11 is 0. The van der Waals surface area contributed by atoms with Crippen LogP contribution in [0.5, 0.6) is 0 Å². The number of ketones is 1. The Morgan fingerprint density at radius 2 is 1.27 bits per heavy atom. The summed E-state index contributed by atoms with van der Waals surface area (Å²) in [6.45, 7) is 6.53. The number of allylic oxidation sites excluding steroid dienone is 2. The number of amides is 3. The van der Waals surface area contributed by atoms with Gasteiger partial charge in [-0.2, -0.15) is 0 Å². The number of nitrogens with two attached hydrogens (primary N) is 2. The SMILES string of the molecule is CCCCCCCC/C=C\CCCCCCCC(=O)N(CCCCCCCCCCCCCC)[C@H]1C[C@H](ONC(=O)CNC(=O)[C@](C)(N)C(=O)[C@H](C)N)[C@@H](O)[C@@H](CO)O1. The number of nitrogens with one attached hydrogen (secondary N) is 2. The highest BCUT2D eigenvalue weighted by atomic mass is 16.7. The lowest BCUT2D eigenvalue weighted by molar-refractivity contribution is -0.237. The average molecular weight is 838 g/mol. The molecule has 1 aliphatic rings. The zero-order chi connectivity index (χ0) is 43.7. The molecule has 3 amide bonds. The molecule has 0 aromatic rings. The van der Waals surface area contributed by atoms with Crippen LogP contribution >= 0.6 is 0 Å². The van der Waals surface area contributed by atoms with Crippen molar-refractivity contribution in [2.45, 2.75) is 237 Å². The molecule has 0 radical (unpaired) electrons. The highest BCUT2D eigenvalue weighted by Crippen LogP contribution is 2.26. The van der Waals surface area contributed by atoms with Gasteiger partial charge < -0.3 is 36.6 Å². The first-order chi connectivity index (χ1) is 28.4. The van der Waals surface area contributed by atoms with E-state index in [0.717, 1.165) is 57.8 Å². The Balaban J connectivity index is 2.71. The van der Waals surface area contributed by atoms with E-state index < -0.39 is 66.9 Å². The molecule has 0 unspecified atom stereocenters. The predicted molar refractivity (Wildman–Crippen MR) is 236 cm³/mol. The summed E-state index contributed by atoms with van der Waals surface area (Å²) < 4.78 is 6.11. The van der Waals surface area contributed by atoms with Crippen molar-refractivity contribution in [3.63, 3.8) is 0 Å². The van der Waals surface area contributed by atoms with Gasteiger partial charge in [-0.05, 0) is 52.4 Å². The van der Waals surface area contributed by atoms with Crippen molar-refractivity contribution in [1.29, 1.82) is 0 Å². The van der Waals surface area contributed by atoms with Crippen LogP contribution in [0.3, 0.4) is 0 Å². The van der Waals surface area contributed by atoms with Crippen LogP contribution in [0.15, 0.2) is 12.2 Å². The maximum atomic E-state index is 13.8. The molecular weight excluding hydrogens is 751 g/mol. The molecule has 0 saturated carbocycles. The molecule has 1 aliphatic heterocycles. The molecule has 13 nitrogen and oxygen atoms in total. The Labute approximate surface area is 357 Å². The summed E-state index contributed by atoms with van der Waals surface area (Å²) in [6, 6.07) is -0.969. The molecule has 8 N–H and O–H groups in total. The molecule has 1 fully saturated rings. The van der Waals surface area contributed by atoms with E-state index in [-0.39, 0.29) is 12.3 Å². The molecule has 1 saturated heterocycles. The van der Waals surface area contributed by atoms with Crippen molar-refractivity contribution in [2.75, 3.05) is 19.7 Å². The number of nitrogens with zero attached hydrogens (tertiary/aromatic N) is 1. The summed E-state index contributed by atoms with van der Waals surface area (Å²) in [7, 11) is 0. The molecule has 1 heterocycles. The molecule has 6 atom stereocenters. The minimum Gasteiger partial charge on any atom is -0.394 e. The van der Waals surface area contributed by atoms with Crippen LogP contribution < -0.4 is 22.3 Å². The highest BCUT2D eigenvalue weighted by Gasteiger charge is 2.42. The zero-order valence-corrected chi connectivity index (χ0v) is 37.7. The second kappa shape index (κ2) is 34.2. The Bertz CT molecular complexity index is 1150. The Kier molecular flexibility index (Phi) is 31.6. The van der Waals surface area contributed by atoms with Crippen molar-refractivity contribution in [3.8, 4) is 0 Å². The third kappa shape index (κ3) is 24.6. The van der Waals surface area contributed by atoms with E-state index in [4.69, 9.17) is 21.0 Å².